The number of H-pyrrole nitrogens is 1. The van der Waals surface area contributed by atoms with Gasteiger partial charge >= 0.3 is 0 Å². The summed E-state index contributed by atoms with van der Waals surface area (Å²) in [6.45, 7) is 2.32. The highest BCUT2D eigenvalue weighted by molar-refractivity contribution is 6.31. The first-order chi connectivity index (χ1) is 8.15. The van der Waals surface area contributed by atoms with E-state index >= 15 is 0 Å². The van der Waals surface area contributed by atoms with Gasteiger partial charge in [0.25, 0.3) is 5.91 Å². The molecule has 88 valence electrons. The summed E-state index contributed by atoms with van der Waals surface area (Å²) in [7, 11) is 0. The first-order valence-electron chi connectivity index (χ1n) is 5.18. The number of aryl methyl sites for hydroxylation is 1. The molecule has 0 bridgehead atoms. The van der Waals surface area contributed by atoms with Crippen LogP contribution in [0.4, 0.5) is 0 Å². The van der Waals surface area contributed by atoms with Crippen LogP contribution >= 0.6 is 11.6 Å². The molecule has 0 fully saturated rings. The van der Waals surface area contributed by atoms with Crippen molar-refractivity contribution >= 4 is 17.5 Å². The van der Waals surface area contributed by atoms with Crippen LogP contribution < -0.4 is 5.32 Å². The number of nitrogens with one attached hydrogen (secondary N) is 2. The van der Waals surface area contributed by atoms with E-state index in [0.717, 1.165) is 11.3 Å². The highest BCUT2D eigenvalue weighted by atomic mass is 35.5. The van der Waals surface area contributed by atoms with Crippen molar-refractivity contribution in [1.29, 1.82) is 0 Å². The molecule has 2 N–H and O–H groups in total. The fourth-order valence-corrected chi connectivity index (χ4v) is 1.82. The molecule has 0 atom stereocenters. The number of benzene rings is 1. The second-order valence-electron chi connectivity index (χ2n) is 3.78. The van der Waals surface area contributed by atoms with Gasteiger partial charge in [0.1, 0.15) is 0 Å². The number of hydrogen-bond acceptors (Lipinski definition) is 2. The largest absolute Gasteiger partial charge is 0.347 e. The Hall–Kier alpha value is -1.81. The second kappa shape index (κ2) is 5.01. The quantitative estimate of drug-likeness (QED) is 0.877. The average molecular weight is 250 g/mol. The zero-order valence-corrected chi connectivity index (χ0v) is 10.1. The molecule has 0 aliphatic heterocycles. The Labute approximate surface area is 104 Å². The first kappa shape index (κ1) is 11.7. The zero-order chi connectivity index (χ0) is 12.3. The van der Waals surface area contributed by atoms with Crippen LogP contribution in [0.3, 0.4) is 0 Å². The number of halogens is 1. The number of carbonyl (C=O) groups is 1. The molecule has 0 saturated heterocycles. The van der Waals surface area contributed by atoms with E-state index in [1.54, 1.807) is 24.7 Å². The van der Waals surface area contributed by atoms with Crippen molar-refractivity contribution in [2.45, 2.75) is 13.5 Å². The Morgan fingerprint density at radius 3 is 2.94 bits per heavy atom. The van der Waals surface area contributed by atoms with Gasteiger partial charge in [-0.05, 0) is 30.7 Å². The monoisotopic (exact) mass is 249 g/mol. The third-order valence-electron chi connectivity index (χ3n) is 2.30. The van der Waals surface area contributed by atoms with Crippen LogP contribution in [0.25, 0.3) is 0 Å². The van der Waals surface area contributed by atoms with E-state index < -0.39 is 0 Å². The summed E-state index contributed by atoms with van der Waals surface area (Å²) >= 11 is 5.90. The van der Waals surface area contributed by atoms with Crippen molar-refractivity contribution in [2.75, 3.05) is 0 Å². The molecule has 2 rings (SSSR count). The molecule has 17 heavy (non-hydrogen) atoms. The molecule has 4 nitrogen and oxygen atoms in total. The van der Waals surface area contributed by atoms with Gasteiger partial charge < -0.3 is 10.3 Å². The number of imidazole rings is 1. The third kappa shape index (κ3) is 3.07. The minimum atomic E-state index is -0.148. The van der Waals surface area contributed by atoms with E-state index in [2.05, 4.69) is 15.3 Å². The maximum Gasteiger partial charge on any atom is 0.251 e. The number of rotatable bonds is 3. The fraction of sp³-hybridized carbons (Fsp3) is 0.167. The van der Waals surface area contributed by atoms with Crippen molar-refractivity contribution in [3.8, 4) is 0 Å². The van der Waals surface area contributed by atoms with Crippen LogP contribution in [-0.2, 0) is 6.54 Å². The molecule has 2 aromatic rings. The van der Waals surface area contributed by atoms with Crippen molar-refractivity contribution in [2.24, 2.45) is 0 Å². The molecule has 1 amide bonds. The van der Waals surface area contributed by atoms with Crippen LogP contribution in [0.15, 0.2) is 30.7 Å². The van der Waals surface area contributed by atoms with Crippen LogP contribution in [0.2, 0.25) is 5.02 Å². The minimum absolute atomic E-state index is 0.148. The molecule has 1 aromatic carbocycles. The lowest BCUT2D eigenvalue weighted by Gasteiger charge is -2.05. The molecule has 5 heteroatoms. The van der Waals surface area contributed by atoms with E-state index in [1.165, 1.54) is 0 Å². The summed E-state index contributed by atoms with van der Waals surface area (Å²) in [6, 6.07) is 5.26. The molecule has 0 radical (unpaired) electrons. The van der Waals surface area contributed by atoms with E-state index in [1.807, 2.05) is 13.0 Å². The lowest BCUT2D eigenvalue weighted by Crippen LogP contribution is -2.23. The van der Waals surface area contributed by atoms with Crippen LogP contribution in [0, 0.1) is 6.92 Å². The molecule has 1 heterocycles. The lowest BCUT2D eigenvalue weighted by molar-refractivity contribution is 0.0950. The van der Waals surface area contributed by atoms with Gasteiger partial charge in [0.05, 0.1) is 18.6 Å². The van der Waals surface area contributed by atoms with Crippen LogP contribution in [-0.4, -0.2) is 15.9 Å². The van der Waals surface area contributed by atoms with E-state index in [0.29, 0.717) is 17.1 Å². The van der Waals surface area contributed by atoms with Crippen molar-refractivity contribution in [3.63, 3.8) is 0 Å². The predicted octanol–water partition coefficient (Wildman–Crippen LogP) is 2.30. The maximum absolute atomic E-state index is 11.8. The Balaban J connectivity index is 2.04. The third-order valence-corrected chi connectivity index (χ3v) is 2.52. The zero-order valence-electron chi connectivity index (χ0n) is 9.33. The van der Waals surface area contributed by atoms with Gasteiger partial charge in [0.2, 0.25) is 0 Å². The topological polar surface area (TPSA) is 57.8 Å². The van der Waals surface area contributed by atoms with Crippen molar-refractivity contribution < 1.29 is 4.79 Å². The molecular weight excluding hydrogens is 238 g/mol. The van der Waals surface area contributed by atoms with Crippen molar-refractivity contribution in [3.05, 3.63) is 52.6 Å². The van der Waals surface area contributed by atoms with E-state index in [-0.39, 0.29) is 5.91 Å². The minimum Gasteiger partial charge on any atom is -0.347 e. The molecule has 0 aliphatic carbocycles. The summed E-state index contributed by atoms with van der Waals surface area (Å²) < 4.78 is 0. The number of nitrogens with zero attached hydrogens (tertiary/aromatic N) is 1. The molecule has 1 aromatic heterocycles. The molecule has 0 unspecified atom stereocenters. The van der Waals surface area contributed by atoms with Gasteiger partial charge in [-0.3, -0.25) is 4.79 Å². The molecular formula is C12H12ClN3O. The van der Waals surface area contributed by atoms with Gasteiger partial charge in [-0.1, -0.05) is 11.6 Å². The van der Waals surface area contributed by atoms with Gasteiger partial charge in [-0.25, -0.2) is 4.98 Å². The summed E-state index contributed by atoms with van der Waals surface area (Å²) in [5.74, 6) is -0.148. The number of aromatic amines is 1. The Bertz CT molecular complexity index is 502. The van der Waals surface area contributed by atoms with Crippen LogP contribution in [0.1, 0.15) is 21.6 Å². The normalized spacial score (nSPS) is 10.2. The van der Waals surface area contributed by atoms with Gasteiger partial charge in [0, 0.05) is 16.8 Å². The van der Waals surface area contributed by atoms with E-state index in [4.69, 9.17) is 11.6 Å². The molecule has 0 spiro atoms. The molecule has 0 aliphatic rings. The Morgan fingerprint density at radius 1 is 1.47 bits per heavy atom. The van der Waals surface area contributed by atoms with Crippen LogP contribution in [0.5, 0.6) is 0 Å². The Morgan fingerprint density at radius 2 is 2.29 bits per heavy atom. The molecule has 0 saturated carbocycles. The average Bonchev–Trinajstić information content (AvgIpc) is 2.77. The summed E-state index contributed by atoms with van der Waals surface area (Å²) in [5, 5.41) is 3.35. The second-order valence-corrected chi connectivity index (χ2v) is 4.21. The predicted molar refractivity (Wildman–Crippen MR) is 65.9 cm³/mol. The van der Waals surface area contributed by atoms with Gasteiger partial charge in [0.15, 0.2) is 0 Å². The smallest absolute Gasteiger partial charge is 0.251 e. The standard InChI is InChI=1S/C12H12ClN3O/c1-8-2-9(4-10(13)3-8)12(17)15-6-11-5-14-7-16-11/h2-5,7H,6H2,1H3,(H,14,16)(H,15,17). The number of aromatic nitrogens is 2. The summed E-state index contributed by atoms with van der Waals surface area (Å²) in [6.07, 6.45) is 3.24. The summed E-state index contributed by atoms with van der Waals surface area (Å²) in [4.78, 5) is 18.6. The number of carbonyl (C=O) groups excluding carboxylic acids is 1. The highest BCUT2D eigenvalue weighted by Crippen LogP contribution is 2.14. The fourth-order valence-electron chi connectivity index (χ4n) is 1.53. The van der Waals surface area contributed by atoms with Gasteiger partial charge in [-0.2, -0.15) is 0 Å². The SMILES string of the molecule is Cc1cc(Cl)cc(C(=O)NCc2cnc[nH]2)c1. The number of amides is 1. The van der Waals surface area contributed by atoms with Crippen molar-refractivity contribution in [1.82, 2.24) is 15.3 Å². The van der Waals surface area contributed by atoms with E-state index in [9.17, 15) is 4.79 Å². The maximum atomic E-state index is 11.8. The highest BCUT2D eigenvalue weighted by Gasteiger charge is 2.07. The summed E-state index contributed by atoms with van der Waals surface area (Å²) in [5.41, 5.74) is 2.39. The Kier molecular flexibility index (Phi) is 3.44. The first-order valence-corrected chi connectivity index (χ1v) is 5.55. The van der Waals surface area contributed by atoms with Gasteiger partial charge in [-0.15, -0.1) is 0 Å². The number of hydrogen-bond donors (Lipinski definition) is 2. The lowest BCUT2D eigenvalue weighted by atomic mass is 10.1.